The maximum atomic E-state index is 4.36. The second-order valence-corrected chi connectivity index (χ2v) is 6.85. The van der Waals surface area contributed by atoms with E-state index in [0.717, 1.165) is 11.8 Å². The Morgan fingerprint density at radius 2 is 2.05 bits per heavy atom. The van der Waals surface area contributed by atoms with Crippen molar-refractivity contribution in [3.8, 4) is 0 Å². The summed E-state index contributed by atoms with van der Waals surface area (Å²) in [5.74, 6) is 2.07. The number of nitrogens with zero attached hydrogens (tertiary/aromatic N) is 2. The minimum absolute atomic E-state index is 0.447. The highest BCUT2D eigenvalue weighted by Gasteiger charge is 2.33. The molecule has 0 saturated heterocycles. The van der Waals surface area contributed by atoms with Crippen molar-refractivity contribution in [2.45, 2.75) is 64.8 Å². The molecule has 1 aliphatic rings. The minimum Gasteiger partial charge on any atom is -0.312 e. The van der Waals surface area contributed by atoms with Gasteiger partial charge in [0.05, 0.1) is 10.6 Å². The van der Waals surface area contributed by atoms with Crippen LogP contribution in [0.4, 0.5) is 0 Å². The first kappa shape index (κ1) is 14.9. The van der Waals surface area contributed by atoms with Gasteiger partial charge < -0.3 is 5.32 Å². The number of nitrogens with one attached hydrogen (secondary N) is 1. The Kier molecular flexibility index (Phi) is 5.34. The highest BCUT2D eigenvalue weighted by Crippen LogP contribution is 2.42. The lowest BCUT2D eigenvalue weighted by molar-refractivity contribution is 0.181. The van der Waals surface area contributed by atoms with Crippen LogP contribution in [0.1, 0.15) is 75.4 Å². The zero-order valence-electron chi connectivity index (χ0n) is 12.6. The molecule has 3 atom stereocenters. The largest absolute Gasteiger partial charge is 0.312 e. The fraction of sp³-hybridized carbons (Fsp3) is 0.867. The Morgan fingerprint density at radius 1 is 1.32 bits per heavy atom. The van der Waals surface area contributed by atoms with Gasteiger partial charge in [-0.3, -0.25) is 0 Å². The molecule has 3 nitrogen and oxygen atoms in total. The molecule has 19 heavy (non-hydrogen) atoms. The Bertz CT molecular complexity index is 388. The van der Waals surface area contributed by atoms with E-state index in [9.17, 15) is 0 Å². The first-order valence-electron chi connectivity index (χ1n) is 7.68. The first-order valence-corrected chi connectivity index (χ1v) is 8.45. The molecule has 1 fully saturated rings. The molecule has 0 spiro atoms. The van der Waals surface area contributed by atoms with Crippen molar-refractivity contribution < 1.29 is 0 Å². The number of rotatable bonds is 5. The zero-order chi connectivity index (χ0) is 13.8. The highest BCUT2D eigenvalue weighted by atomic mass is 32.1. The Hall–Kier alpha value is -0.480. The standard InChI is InChI=1S/C15H27N3S/c1-5-11-8-6-7-9-12(11)14(16-4)15-13(10(2)3)17-18-19-15/h10-12,14,16H,5-9H2,1-4H3. The quantitative estimate of drug-likeness (QED) is 0.881. The van der Waals surface area contributed by atoms with E-state index in [-0.39, 0.29) is 0 Å². The molecule has 2 rings (SSSR count). The maximum absolute atomic E-state index is 4.36. The van der Waals surface area contributed by atoms with Gasteiger partial charge in [-0.25, -0.2) is 0 Å². The SMILES string of the molecule is CCC1CCCCC1C(NC)c1snnc1C(C)C. The van der Waals surface area contributed by atoms with Gasteiger partial charge in [-0.15, -0.1) is 5.10 Å². The van der Waals surface area contributed by atoms with Gasteiger partial charge in [0.25, 0.3) is 0 Å². The van der Waals surface area contributed by atoms with Crippen LogP contribution in [-0.2, 0) is 0 Å². The van der Waals surface area contributed by atoms with Crippen LogP contribution in [0.2, 0.25) is 0 Å². The van der Waals surface area contributed by atoms with Crippen molar-refractivity contribution in [1.29, 1.82) is 0 Å². The lowest BCUT2D eigenvalue weighted by Gasteiger charge is -2.36. The Balaban J connectivity index is 2.25. The van der Waals surface area contributed by atoms with Gasteiger partial charge in [-0.05, 0) is 42.8 Å². The van der Waals surface area contributed by atoms with Gasteiger partial charge in [-0.2, -0.15) is 0 Å². The lowest BCUT2D eigenvalue weighted by atomic mass is 9.73. The van der Waals surface area contributed by atoms with Crippen LogP contribution in [0.5, 0.6) is 0 Å². The van der Waals surface area contributed by atoms with E-state index in [1.807, 2.05) is 0 Å². The molecule has 0 aromatic carbocycles. The van der Waals surface area contributed by atoms with Gasteiger partial charge in [0.1, 0.15) is 0 Å². The summed E-state index contributed by atoms with van der Waals surface area (Å²) in [6.07, 6.45) is 6.82. The molecular weight excluding hydrogens is 254 g/mol. The molecule has 1 heterocycles. The van der Waals surface area contributed by atoms with E-state index in [1.54, 1.807) is 11.5 Å². The molecule has 1 aromatic heterocycles. The van der Waals surface area contributed by atoms with Gasteiger partial charge in [0.15, 0.2) is 0 Å². The summed E-state index contributed by atoms with van der Waals surface area (Å²) in [6.45, 7) is 6.76. The number of aromatic nitrogens is 2. The van der Waals surface area contributed by atoms with Crippen molar-refractivity contribution in [1.82, 2.24) is 14.9 Å². The second-order valence-electron chi connectivity index (χ2n) is 6.06. The van der Waals surface area contributed by atoms with Gasteiger partial charge in [0, 0.05) is 6.04 Å². The van der Waals surface area contributed by atoms with Crippen LogP contribution in [-0.4, -0.2) is 16.6 Å². The monoisotopic (exact) mass is 281 g/mol. The first-order chi connectivity index (χ1) is 9.19. The summed E-state index contributed by atoms with van der Waals surface area (Å²) in [5.41, 5.74) is 1.20. The highest BCUT2D eigenvalue weighted by molar-refractivity contribution is 7.05. The van der Waals surface area contributed by atoms with E-state index in [1.165, 1.54) is 42.7 Å². The summed E-state index contributed by atoms with van der Waals surface area (Å²) in [6, 6.07) is 0.447. The van der Waals surface area contributed by atoms with Crippen molar-refractivity contribution in [3.63, 3.8) is 0 Å². The predicted octanol–water partition coefficient (Wildman–Crippen LogP) is 4.14. The van der Waals surface area contributed by atoms with Crippen molar-refractivity contribution in [3.05, 3.63) is 10.6 Å². The van der Waals surface area contributed by atoms with E-state index >= 15 is 0 Å². The molecular formula is C15H27N3S. The fourth-order valence-electron chi connectivity index (χ4n) is 3.54. The summed E-state index contributed by atoms with van der Waals surface area (Å²) in [5, 5.41) is 7.92. The van der Waals surface area contributed by atoms with E-state index in [0.29, 0.717) is 12.0 Å². The van der Waals surface area contributed by atoms with Gasteiger partial charge >= 0.3 is 0 Å². The molecule has 1 aliphatic carbocycles. The number of hydrogen-bond donors (Lipinski definition) is 1. The Labute approximate surface area is 121 Å². The molecule has 0 aliphatic heterocycles. The third-order valence-corrected chi connectivity index (χ3v) is 5.42. The van der Waals surface area contributed by atoms with Crippen LogP contribution in [0.15, 0.2) is 0 Å². The smallest absolute Gasteiger partial charge is 0.0829 e. The minimum atomic E-state index is 0.447. The summed E-state index contributed by atoms with van der Waals surface area (Å²) < 4.78 is 4.21. The summed E-state index contributed by atoms with van der Waals surface area (Å²) in [7, 11) is 2.09. The van der Waals surface area contributed by atoms with Crippen LogP contribution >= 0.6 is 11.5 Å². The molecule has 1 N–H and O–H groups in total. The van der Waals surface area contributed by atoms with E-state index in [4.69, 9.17) is 0 Å². The van der Waals surface area contributed by atoms with Gasteiger partial charge in [-0.1, -0.05) is 50.9 Å². The molecule has 0 radical (unpaired) electrons. The second kappa shape index (κ2) is 6.80. The maximum Gasteiger partial charge on any atom is 0.0829 e. The summed E-state index contributed by atoms with van der Waals surface area (Å²) >= 11 is 1.59. The van der Waals surface area contributed by atoms with Gasteiger partial charge in [0.2, 0.25) is 0 Å². The van der Waals surface area contributed by atoms with Crippen LogP contribution < -0.4 is 5.32 Å². The summed E-state index contributed by atoms with van der Waals surface area (Å²) in [4.78, 5) is 1.38. The average molecular weight is 281 g/mol. The van der Waals surface area contributed by atoms with Crippen molar-refractivity contribution in [2.24, 2.45) is 11.8 Å². The normalized spacial score (nSPS) is 25.7. The lowest BCUT2D eigenvalue weighted by Crippen LogP contribution is -2.32. The van der Waals surface area contributed by atoms with E-state index < -0.39 is 0 Å². The third-order valence-electron chi connectivity index (χ3n) is 4.60. The van der Waals surface area contributed by atoms with Crippen LogP contribution in [0.3, 0.4) is 0 Å². The van der Waals surface area contributed by atoms with Crippen molar-refractivity contribution in [2.75, 3.05) is 7.05 Å². The molecule has 0 amide bonds. The molecule has 3 unspecified atom stereocenters. The average Bonchev–Trinajstić information content (AvgIpc) is 2.89. The number of hydrogen-bond acceptors (Lipinski definition) is 4. The third kappa shape index (κ3) is 3.16. The van der Waals surface area contributed by atoms with E-state index in [2.05, 4.69) is 42.7 Å². The van der Waals surface area contributed by atoms with Crippen LogP contribution in [0.25, 0.3) is 0 Å². The fourth-order valence-corrected chi connectivity index (χ4v) is 4.54. The zero-order valence-corrected chi connectivity index (χ0v) is 13.5. The predicted molar refractivity (Wildman–Crippen MR) is 81.5 cm³/mol. The molecule has 1 aromatic rings. The topological polar surface area (TPSA) is 37.8 Å². The Morgan fingerprint density at radius 3 is 2.68 bits per heavy atom. The molecule has 4 heteroatoms. The van der Waals surface area contributed by atoms with Crippen LogP contribution in [0, 0.1) is 11.8 Å². The molecule has 1 saturated carbocycles. The molecule has 0 bridgehead atoms. The molecule has 108 valence electrons. The van der Waals surface area contributed by atoms with Crippen molar-refractivity contribution >= 4 is 11.5 Å².